The van der Waals surface area contributed by atoms with Gasteiger partial charge >= 0.3 is 59.1 Å². The summed E-state index contributed by atoms with van der Waals surface area (Å²) in [5, 5.41) is 19.3. The second kappa shape index (κ2) is 17.8. The predicted octanol–water partition coefficient (Wildman–Crippen LogP) is -5.89. The van der Waals surface area contributed by atoms with Gasteiger partial charge in [-0.15, -0.1) is 0 Å². The molecule has 0 unspecified atom stereocenters. The maximum Gasteiger partial charge on any atom is 1.00 e. The Morgan fingerprint density at radius 3 is 1.28 bits per heavy atom. The van der Waals surface area contributed by atoms with Crippen LogP contribution in [0.3, 0.4) is 0 Å². The third kappa shape index (κ3) is 17.8. The first kappa shape index (κ1) is 34.6. The Bertz CT molecular complexity index is 995. The summed E-state index contributed by atoms with van der Waals surface area (Å²) in [6.07, 6.45) is 3.52. The van der Waals surface area contributed by atoms with Crippen molar-refractivity contribution in [2.24, 2.45) is 0 Å². The number of unbranched alkanes of at least 4 members (excludes halogenated alkanes) is 4. The van der Waals surface area contributed by atoms with Gasteiger partial charge in [-0.25, -0.2) is 26.2 Å². The van der Waals surface area contributed by atoms with Gasteiger partial charge in [0.2, 0.25) is 9.54 Å². The number of rotatable bonds is 12. The van der Waals surface area contributed by atoms with Crippen molar-refractivity contribution < 1.29 is 85.1 Å². The first-order valence-corrected chi connectivity index (χ1v) is 12.8. The van der Waals surface area contributed by atoms with Crippen LogP contribution in [0.5, 0.6) is 0 Å². The number of tetrazole rings is 2. The quantitative estimate of drug-likeness (QED) is 0.110. The average Bonchev–Trinajstić information content (AvgIpc) is 3.21. The normalized spacial score (nSPS) is 11.1. The van der Waals surface area contributed by atoms with Gasteiger partial charge in [0.1, 0.15) is 0 Å². The largest absolute Gasteiger partial charge is 1.00 e. The third-order valence-corrected chi connectivity index (χ3v) is 5.80. The number of hydrogen-bond acceptors (Lipinski definition) is 12. The minimum absolute atomic E-state index is 0. The molecule has 0 fully saturated rings. The van der Waals surface area contributed by atoms with Crippen molar-refractivity contribution in [1.29, 1.82) is 0 Å². The van der Waals surface area contributed by atoms with E-state index in [4.69, 9.17) is 24.4 Å². The van der Waals surface area contributed by atoms with Crippen LogP contribution in [0, 0.1) is 9.54 Å². The molecule has 0 amide bonds. The van der Waals surface area contributed by atoms with Gasteiger partial charge in [-0.1, -0.05) is 33.5 Å². The number of aromatic amines is 2. The molecule has 2 aromatic heterocycles. The van der Waals surface area contributed by atoms with Gasteiger partial charge in [-0.2, -0.15) is 10.4 Å². The average molecular weight is 549 g/mol. The summed E-state index contributed by atoms with van der Waals surface area (Å²) in [7, 11) is -8.15. The van der Waals surface area contributed by atoms with Gasteiger partial charge < -0.3 is 9.11 Å². The van der Waals surface area contributed by atoms with Crippen LogP contribution in [-0.4, -0.2) is 77.9 Å². The van der Waals surface area contributed by atoms with Crippen LogP contribution >= 0.6 is 24.4 Å². The van der Waals surface area contributed by atoms with Crippen molar-refractivity contribution in [3.8, 4) is 0 Å². The SMILES string of the molecule is O=S(=O)([O-])CCCCCn1[nH]nnc1=S.O=S(=O)([O-])CCCCCn1[nH]nnc1=S.[Na+].[Na+]. The van der Waals surface area contributed by atoms with Gasteiger partial charge in [-0.3, -0.25) is 0 Å². The Morgan fingerprint density at radius 1 is 0.688 bits per heavy atom. The molecule has 0 bridgehead atoms. The van der Waals surface area contributed by atoms with E-state index >= 15 is 0 Å². The monoisotopic (exact) mass is 548 g/mol. The first-order valence-electron chi connectivity index (χ1n) is 8.81. The summed E-state index contributed by atoms with van der Waals surface area (Å²) >= 11 is 9.67. The molecule has 14 nitrogen and oxygen atoms in total. The van der Waals surface area contributed by atoms with Gasteiger partial charge in [0.25, 0.3) is 0 Å². The van der Waals surface area contributed by atoms with E-state index in [1.807, 2.05) is 0 Å². The standard InChI is InChI=1S/2C6H12N4O3S2.2Na/c2*11-15(12,13)5-3-1-2-4-10-6(14)7-8-9-10;;/h2*1-5H2,(H,7,9,14)(H,11,12,13);;/q;;2*+1/p-2. The van der Waals surface area contributed by atoms with Crippen molar-refractivity contribution in [2.45, 2.75) is 51.6 Å². The molecule has 0 aliphatic carbocycles. The Kier molecular flexibility index (Phi) is 19.2. The van der Waals surface area contributed by atoms with E-state index in [1.54, 1.807) is 9.36 Å². The molecule has 0 aromatic carbocycles. The Morgan fingerprint density at radius 2 is 1.03 bits per heavy atom. The van der Waals surface area contributed by atoms with Gasteiger partial charge in [-0.05, 0) is 50.1 Å². The second-order valence-electron chi connectivity index (χ2n) is 6.11. The topological polar surface area (TPSA) is 207 Å². The van der Waals surface area contributed by atoms with Crippen molar-refractivity contribution in [1.82, 2.24) is 40.4 Å². The molecule has 20 heteroatoms. The molecule has 2 aromatic rings. The van der Waals surface area contributed by atoms with E-state index in [-0.39, 0.29) is 70.6 Å². The number of aryl methyl sites for hydroxylation is 2. The molecule has 2 heterocycles. The molecule has 0 aliphatic rings. The number of H-pyrrole nitrogens is 2. The maximum atomic E-state index is 10.3. The molecule has 172 valence electrons. The summed E-state index contributed by atoms with van der Waals surface area (Å²) in [4.78, 5) is 0. The molecule has 0 radical (unpaired) electrons. The van der Waals surface area contributed by atoms with Crippen LogP contribution in [0.2, 0.25) is 0 Å². The molecule has 0 saturated heterocycles. The minimum Gasteiger partial charge on any atom is -0.748 e. The number of nitrogens with zero attached hydrogens (tertiary/aromatic N) is 6. The fourth-order valence-electron chi connectivity index (χ4n) is 2.17. The fourth-order valence-corrected chi connectivity index (χ4v) is 3.64. The Balaban J connectivity index is 0. The predicted molar refractivity (Wildman–Crippen MR) is 107 cm³/mol. The van der Waals surface area contributed by atoms with E-state index in [0.29, 0.717) is 48.3 Å². The van der Waals surface area contributed by atoms with Crippen LogP contribution < -0.4 is 59.1 Å². The van der Waals surface area contributed by atoms with Crippen LogP contribution in [-0.2, 0) is 33.3 Å². The smallest absolute Gasteiger partial charge is 0.748 e. The fraction of sp³-hybridized carbons (Fsp3) is 0.833. The Labute approximate surface area is 240 Å². The summed E-state index contributed by atoms with van der Waals surface area (Å²) in [6, 6.07) is 0. The Hall–Kier alpha value is 0.400. The first-order chi connectivity index (χ1) is 14.0. The van der Waals surface area contributed by atoms with E-state index in [9.17, 15) is 25.9 Å². The molecule has 0 aliphatic heterocycles. The zero-order chi connectivity index (χ0) is 22.6. The molecule has 2 N–H and O–H groups in total. The summed E-state index contributed by atoms with van der Waals surface area (Å²) in [5.74, 6) is -0.612. The van der Waals surface area contributed by atoms with Crippen LogP contribution in [0.15, 0.2) is 0 Å². The molecule has 0 atom stereocenters. The maximum absolute atomic E-state index is 10.3. The van der Waals surface area contributed by atoms with Crippen molar-refractivity contribution in [2.75, 3.05) is 11.5 Å². The summed E-state index contributed by atoms with van der Waals surface area (Å²) < 4.78 is 65.5. The van der Waals surface area contributed by atoms with E-state index in [0.717, 1.165) is 12.8 Å². The van der Waals surface area contributed by atoms with Crippen LogP contribution in [0.1, 0.15) is 38.5 Å². The molecule has 0 saturated carbocycles. The van der Waals surface area contributed by atoms with Crippen molar-refractivity contribution in [3.63, 3.8) is 0 Å². The summed E-state index contributed by atoms with van der Waals surface area (Å²) in [5.41, 5.74) is 0. The number of nitrogens with one attached hydrogen (secondary N) is 2. The van der Waals surface area contributed by atoms with E-state index in [1.165, 1.54) is 0 Å². The minimum atomic E-state index is -4.08. The summed E-state index contributed by atoms with van der Waals surface area (Å²) in [6.45, 7) is 1.20. The van der Waals surface area contributed by atoms with Crippen LogP contribution in [0.4, 0.5) is 0 Å². The van der Waals surface area contributed by atoms with Gasteiger partial charge in [0.15, 0.2) is 0 Å². The second-order valence-corrected chi connectivity index (χ2v) is 9.89. The van der Waals surface area contributed by atoms with Gasteiger partial charge in [0.05, 0.1) is 20.2 Å². The van der Waals surface area contributed by atoms with Crippen LogP contribution in [0.25, 0.3) is 0 Å². The third-order valence-electron chi connectivity index (χ3n) is 3.62. The molecule has 32 heavy (non-hydrogen) atoms. The molecular weight excluding hydrogens is 526 g/mol. The van der Waals surface area contributed by atoms with Gasteiger partial charge in [0, 0.05) is 24.6 Å². The molecule has 2 rings (SSSR count). The van der Waals surface area contributed by atoms with Crippen molar-refractivity contribution >= 4 is 44.7 Å². The molecular formula is C12H22N8Na2O6S4. The molecule has 0 spiro atoms. The van der Waals surface area contributed by atoms with E-state index in [2.05, 4.69) is 31.1 Å². The zero-order valence-electron chi connectivity index (χ0n) is 17.8. The number of aromatic nitrogens is 8. The number of hydrogen-bond donors (Lipinski definition) is 2. The van der Waals surface area contributed by atoms with E-state index < -0.39 is 20.2 Å². The zero-order valence-corrected chi connectivity index (χ0v) is 25.1. The van der Waals surface area contributed by atoms with Crippen molar-refractivity contribution in [3.05, 3.63) is 9.54 Å².